The number of para-hydroxylation sites is 1. The number of hydrogen-bond donors (Lipinski definition) is 1. The number of nitrogens with two attached hydrogens (primary N) is 1. The van der Waals surface area contributed by atoms with Gasteiger partial charge in [-0.3, -0.25) is 4.79 Å². The van der Waals surface area contributed by atoms with Gasteiger partial charge in [0.05, 0.1) is 4.83 Å². The van der Waals surface area contributed by atoms with Crippen LogP contribution in [-0.2, 0) is 4.79 Å². The van der Waals surface area contributed by atoms with Crippen molar-refractivity contribution in [2.24, 2.45) is 5.73 Å². The highest BCUT2D eigenvalue weighted by molar-refractivity contribution is 9.09. The summed E-state index contributed by atoms with van der Waals surface area (Å²) in [6.07, 6.45) is 2.53. The predicted molar refractivity (Wildman–Crippen MR) is 72.2 cm³/mol. The van der Waals surface area contributed by atoms with E-state index in [0.29, 0.717) is 18.6 Å². The lowest BCUT2D eigenvalue weighted by molar-refractivity contribution is -0.114. The summed E-state index contributed by atoms with van der Waals surface area (Å²) >= 11 is 3.49. The van der Waals surface area contributed by atoms with Gasteiger partial charge in [0.25, 0.3) is 0 Å². The average Bonchev–Trinajstić information content (AvgIpc) is 2.34. The van der Waals surface area contributed by atoms with Crippen molar-refractivity contribution in [3.63, 3.8) is 0 Å². The maximum atomic E-state index is 10.8. The summed E-state index contributed by atoms with van der Waals surface area (Å²) in [6, 6.07) is 9.61. The van der Waals surface area contributed by atoms with Crippen molar-refractivity contribution < 1.29 is 9.53 Å². The molecule has 92 valence electrons. The Labute approximate surface area is 110 Å². The number of rotatable bonds is 6. The van der Waals surface area contributed by atoms with E-state index in [9.17, 15) is 4.79 Å². The highest BCUT2D eigenvalue weighted by Gasteiger charge is 2.05. The van der Waals surface area contributed by atoms with Crippen molar-refractivity contribution >= 4 is 21.8 Å². The molecule has 2 N–H and O–H groups in total. The second-order valence-corrected chi connectivity index (χ2v) is 5.00. The molecule has 4 heteroatoms. The first-order chi connectivity index (χ1) is 8.09. The molecule has 0 saturated carbocycles. The highest BCUT2D eigenvalue weighted by atomic mass is 79.9. The summed E-state index contributed by atoms with van der Waals surface area (Å²) in [5.41, 5.74) is 5.71. The lowest BCUT2D eigenvalue weighted by atomic mass is 10.2. The van der Waals surface area contributed by atoms with Gasteiger partial charge in [-0.25, -0.2) is 0 Å². The third-order valence-corrected chi connectivity index (χ3v) is 2.88. The Morgan fingerprint density at radius 2 is 2.12 bits per heavy atom. The fourth-order valence-electron chi connectivity index (χ4n) is 1.18. The van der Waals surface area contributed by atoms with Gasteiger partial charge in [0.1, 0.15) is 12.4 Å². The van der Waals surface area contributed by atoms with Crippen LogP contribution in [0.3, 0.4) is 0 Å². The van der Waals surface area contributed by atoms with Crippen LogP contribution in [0.25, 0.3) is 0 Å². The van der Waals surface area contributed by atoms with Crippen LogP contribution in [0.1, 0.15) is 13.3 Å². The van der Waals surface area contributed by atoms with Crippen LogP contribution < -0.4 is 10.5 Å². The summed E-state index contributed by atoms with van der Waals surface area (Å²) in [5.74, 6) is 0.459. The van der Waals surface area contributed by atoms with Crippen LogP contribution in [0.4, 0.5) is 0 Å². The number of carbonyl (C=O) groups is 1. The normalized spacial score (nSPS) is 13.2. The van der Waals surface area contributed by atoms with Gasteiger partial charge in [-0.1, -0.05) is 40.2 Å². The number of alkyl halides is 1. The number of hydrogen-bond acceptors (Lipinski definition) is 2. The minimum Gasteiger partial charge on any atom is -0.492 e. The minimum absolute atomic E-state index is 0.164. The number of benzene rings is 1. The molecule has 0 saturated heterocycles. The molecule has 1 rings (SSSR count). The molecule has 1 atom stereocenters. The molecule has 0 heterocycles. The Morgan fingerprint density at radius 3 is 2.71 bits per heavy atom. The molecular weight excluding hydrogens is 282 g/mol. The SMILES string of the molecule is C/C(=C\CC(Br)COc1ccccc1)C(N)=O. The lowest BCUT2D eigenvalue weighted by Crippen LogP contribution is -2.14. The topological polar surface area (TPSA) is 52.3 Å². The van der Waals surface area contributed by atoms with E-state index in [4.69, 9.17) is 10.5 Å². The maximum absolute atomic E-state index is 10.8. The molecule has 1 unspecified atom stereocenters. The molecule has 0 aliphatic carbocycles. The number of primary amides is 1. The second kappa shape index (κ2) is 7.12. The summed E-state index contributed by atoms with van der Waals surface area (Å²) in [4.78, 5) is 11.0. The Kier molecular flexibility index (Phi) is 5.77. The standard InChI is InChI=1S/C13H16BrNO2/c1-10(13(15)16)7-8-11(14)9-17-12-5-3-2-4-6-12/h2-7,11H,8-9H2,1H3,(H2,15,16)/b10-7+. The fraction of sp³-hybridized carbons (Fsp3) is 0.308. The summed E-state index contributed by atoms with van der Waals surface area (Å²) in [5, 5.41) is 0. The first-order valence-corrected chi connectivity index (χ1v) is 6.29. The molecule has 0 fully saturated rings. The molecule has 0 radical (unpaired) electrons. The quantitative estimate of drug-likeness (QED) is 0.648. The van der Waals surface area contributed by atoms with Crippen molar-refractivity contribution in [3.05, 3.63) is 42.0 Å². The van der Waals surface area contributed by atoms with Crippen LogP contribution in [0.5, 0.6) is 5.75 Å². The Morgan fingerprint density at radius 1 is 1.47 bits per heavy atom. The molecule has 0 aromatic heterocycles. The van der Waals surface area contributed by atoms with Crippen LogP contribution in [0.2, 0.25) is 0 Å². The molecule has 17 heavy (non-hydrogen) atoms. The van der Waals surface area contributed by atoms with E-state index in [2.05, 4.69) is 15.9 Å². The second-order valence-electron chi connectivity index (χ2n) is 3.71. The van der Waals surface area contributed by atoms with Gasteiger partial charge in [0, 0.05) is 5.57 Å². The fourth-order valence-corrected chi connectivity index (χ4v) is 1.50. The molecule has 0 bridgehead atoms. The van der Waals surface area contributed by atoms with Crippen molar-refractivity contribution in [2.45, 2.75) is 18.2 Å². The van der Waals surface area contributed by atoms with Crippen LogP contribution in [-0.4, -0.2) is 17.3 Å². The molecule has 0 aliphatic rings. The molecule has 1 aromatic carbocycles. The van der Waals surface area contributed by atoms with Gasteiger partial charge in [-0.2, -0.15) is 0 Å². The van der Waals surface area contributed by atoms with E-state index in [1.807, 2.05) is 36.4 Å². The van der Waals surface area contributed by atoms with E-state index >= 15 is 0 Å². The van der Waals surface area contributed by atoms with Crippen molar-refractivity contribution in [2.75, 3.05) is 6.61 Å². The molecule has 1 aromatic rings. The number of ether oxygens (including phenoxy) is 1. The first kappa shape index (κ1) is 13.8. The number of amides is 1. The van der Waals surface area contributed by atoms with Crippen molar-refractivity contribution in [1.82, 2.24) is 0 Å². The first-order valence-electron chi connectivity index (χ1n) is 5.38. The third kappa shape index (κ3) is 5.54. The number of carbonyl (C=O) groups excluding carboxylic acids is 1. The highest BCUT2D eigenvalue weighted by Crippen LogP contribution is 2.13. The summed E-state index contributed by atoms with van der Waals surface area (Å²) in [7, 11) is 0. The molecule has 1 amide bonds. The van der Waals surface area contributed by atoms with E-state index in [0.717, 1.165) is 5.75 Å². The Hall–Kier alpha value is -1.29. The third-order valence-electron chi connectivity index (χ3n) is 2.24. The number of halogens is 1. The van der Waals surface area contributed by atoms with Gasteiger partial charge in [-0.15, -0.1) is 0 Å². The van der Waals surface area contributed by atoms with Crippen LogP contribution in [0.15, 0.2) is 42.0 Å². The smallest absolute Gasteiger partial charge is 0.244 e. The molecule has 3 nitrogen and oxygen atoms in total. The van der Waals surface area contributed by atoms with Crippen LogP contribution >= 0.6 is 15.9 Å². The monoisotopic (exact) mass is 297 g/mol. The summed E-state index contributed by atoms with van der Waals surface area (Å²) in [6.45, 7) is 2.26. The van der Waals surface area contributed by atoms with Gasteiger partial charge in [-0.05, 0) is 25.5 Å². The average molecular weight is 298 g/mol. The van der Waals surface area contributed by atoms with Gasteiger partial charge < -0.3 is 10.5 Å². The Balaban J connectivity index is 2.33. The van der Waals surface area contributed by atoms with Gasteiger partial charge >= 0.3 is 0 Å². The van der Waals surface area contributed by atoms with Gasteiger partial charge in [0.2, 0.25) is 5.91 Å². The maximum Gasteiger partial charge on any atom is 0.244 e. The number of allylic oxidation sites excluding steroid dienone is 1. The van der Waals surface area contributed by atoms with Crippen molar-refractivity contribution in [1.29, 1.82) is 0 Å². The predicted octanol–water partition coefficient (Wildman–Crippen LogP) is 2.65. The van der Waals surface area contributed by atoms with E-state index in [1.165, 1.54) is 0 Å². The van der Waals surface area contributed by atoms with Crippen LogP contribution in [0, 0.1) is 0 Å². The molecule has 0 spiro atoms. The van der Waals surface area contributed by atoms with E-state index in [-0.39, 0.29) is 10.7 Å². The minimum atomic E-state index is -0.381. The lowest BCUT2D eigenvalue weighted by Gasteiger charge is -2.10. The zero-order chi connectivity index (χ0) is 12.7. The van der Waals surface area contributed by atoms with E-state index < -0.39 is 0 Å². The van der Waals surface area contributed by atoms with E-state index in [1.54, 1.807) is 6.92 Å². The Bertz CT molecular complexity index is 390. The molecule has 0 aliphatic heterocycles. The zero-order valence-electron chi connectivity index (χ0n) is 9.73. The largest absolute Gasteiger partial charge is 0.492 e. The van der Waals surface area contributed by atoms with Gasteiger partial charge in [0.15, 0.2) is 0 Å². The zero-order valence-corrected chi connectivity index (χ0v) is 11.3. The van der Waals surface area contributed by atoms with Crippen molar-refractivity contribution in [3.8, 4) is 5.75 Å². The molecular formula is C13H16BrNO2. The summed E-state index contributed by atoms with van der Waals surface area (Å²) < 4.78 is 5.57.